The first kappa shape index (κ1) is 28.7. The first-order valence-corrected chi connectivity index (χ1v) is 14.3. The van der Waals surface area contributed by atoms with Crippen molar-refractivity contribution in [2.24, 2.45) is 0 Å². The van der Waals surface area contributed by atoms with Gasteiger partial charge in [-0.15, -0.1) is 0 Å². The molecule has 37 heavy (non-hydrogen) atoms. The van der Waals surface area contributed by atoms with E-state index in [1.807, 2.05) is 24.3 Å². The van der Waals surface area contributed by atoms with E-state index in [2.05, 4.69) is 21.2 Å². The van der Waals surface area contributed by atoms with E-state index in [0.29, 0.717) is 22.8 Å². The van der Waals surface area contributed by atoms with Gasteiger partial charge in [-0.2, -0.15) is 0 Å². The fourth-order valence-corrected chi connectivity index (χ4v) is 5.65. The van der Waals surface area contributed by atoms with Crippen LogP contribution in [0.15, 0.2) is 82.2 Å². The molecule has 0 saturated carbocycles. The minimum atomic E-state index is -4.14. The van der Waals surface area contributed by atoms with Crippen molar-refractivity contribution in [3.8, 4) is 0 Å². The number of halogens is 2. The van der Waals surface area contributed by atoms with Crippen LogP contribution in [0, 0.1) is 6.92 Å². The molecule has 3 aromatic rings. The van der Waals surface area contributed by atoms with Gasteiger partial charge in [0.2, 0.25) is 11.8 Å². The van der Waals surface area contributed by atoms with E-state index in [1.54, 1.807) is 45.0 Å². The molecule has 0 aliphatic rings. The molecule has 1 atom stereocenters. The summed E-state index contributed by atoms with van der Waals surface area (Å²) in [6.45, 7) is 5.26. The maximum atomic E-state index is 13.8. The Hall–Kier alpha value is -2.88. The lowest BCUT2D eigenvalue weighted by molar-refractivity contribution is -0.139. The van der Waals surface area contributed by atoms with Crippen LogP contribution in [0.3, 0.4) is 0 Å². The molecular weight excluding hydrogens is 578 g/mol. The van der Waals surface area contributed by atoms with Crippen molar-refractivity contribution < 1.29 is 18.0 Å². The second-order valence-corrected chi connectivity index (χ2v) is 11.7. The highest BCUT2D eigenvalue weighted by molar-refractivity contribution is 9.10. The van der Waals surface area contributed by atoms with E-state index in [4.69, 9.17) is 11.6 Å². The molecule has 0 spiro atoms. The fraction of sp³-hybridized carbons (Fsp3) is 0.259. The van der Waals surface area contributed by atoms with Crippen LogP contribution < -0.4 is 9.62 Å². The van der Waals surface area contributed by atoms with E-state index in [9.17, 15) is 18.0 Å². The first-order valence-electron chi connectivity index (χ1n) is 11.7. The van der Waals surface area contributed by atoms with Crippen molar-refractivity contribution in [1.29, 1.82) is 0 Å². The lowest BCUT2D eigenvalue weighted by Crippen LogP contribution is -2.51. The lowest BCUT2D eigenvalue weighted by Gasteiger charge is -2.32. The summed E-state index contributed by atoms with van der Waals surface area (Å²) >= 11 is 9.38. The van der Waals surface area contributed by atoms with E-state index < -0.39 is 28.5 Å². The number of aryl methyl sites for hydroxylation is 1. The van der Waals surface area contributed by atoms with Gasteiger partial charge in [0, 0.05) is 22.6 Å². The second-order valence-electron chi connectivity index (χ2n) is 8.47. The topological polar surface area (TPSA) is 86.8 Å². The monoisotopic (exact) mass is 605 g/mol. The van der Waals surface area contributed by atoms with E-state index in [1.165, 1.54) is 29.2 Å². The van der Waals surface area contributed by atoms with Gasteiger partial charge in [0.1, 0.15) is 12.6 Å². The van der Waals surface area contributed by atoms with Crippen LogP contribution in [0.5, 0.6) is 0 Å². The number of nitrogens with zero attached hydrogens (tertiary/aromatic N) is 2. The van der Waals surface area contributed by atoms with Gasteiger partial charge in [-0.25, -0.2) is 8.42 Å². The molecular formula is C27H29BrClN3O4S. The van der Waals surface area contributed by atoms with Crippen molar-refractivity contribution in [3.05, 3.63) is 93.4 Å². The van der Waals surface area contributed by atoms with Crippen molar-refractivity contribution >= 4 is 55.1 Å². The number of benzene rings is 3. The molecule has 0 fully saturated rings. The molecule has 10 heteroatoms. The average Bonchev–Trinajstić information content (AvgIpc) is 2.87. The van der Waals surface area contributed by atoms with Crippen LogP contribution in [0.2, 0.25) is 5.02 Å². The van der Waals surface area contributed by atoms with Gasteiger partial charge >= 0.3 is 0 Å². The van der Waals surface area contributed by atoms with Crippen LogP contribution in [-0.4, -0.2) is 44.3 Å². The van der Waals surface area contributed by atoms with E-state index in [0.717, 1.165) is 14.3 Å². The summed E-state index contributed by atoms with van der Waals surface area (Å²) in [7, 11) is -4.14. The summed E-state index contributed by atoms with van der Waals surface area (Å²) in [6, 6.07) is 19.3. The highest BCUT2D eigenvalue weighted by Gasteiger charge is 2.33. The van der Waals surface area contributed by atoms with Crippen LogP contribution in [0.1, 0.15) is 25.0 Å². The summed E-state index contributed by atoms with van der Waals surface area (Å²) in [5.41, 5.74) is 1.86. The smallest absolute Gasteiger partial charge is 0.264 e. The zero-order valence-electron chi connectivity index (χ0n) is 20.8. The summed E-state index contributed by atoms with van der Waals surface area (Å²) < 4.78 is 29.5. The van der Waals surface area contributed by atoms with Crippen LogP contribution in [0.25, 0.3) is 0 Å². The Labute approximate surface area is 231 Å². The molecule has 0 bridgehead atoms. The predicted molar refractivity (Wildman–Crippen MR) is 150 cm³/mol. The fourth-order valence-electron chi connectivity index (χ4n) is 3.78. The number of rotatable bonds is 10. The van der Waals surface area contributed by atoms with Gasteiger partial charge in [0.15, 0.2) is 0 Å². The average molecular weight is 607 g/mol. The summed E-state index contributed by atoms with van der Waals surface area (Å²) in [6.07, 6.45) is 0. The minimum Gasteiger partial charge on any atom is -0.355 e. The second kappa shape index (κ2) is 12.6. The maximum absolute atomic E-state index is 13.8. The molecule has 0 aliphatic carbocycles. The molecule has 3 aromatic carbocycles. The number of likely N-dealkylation sites (N-methyl/N-ethyl adjacent to an activating group) is 1. The number of sulfonamides is 1. The van der Waals surface area contributed by atoms with Gasteiger partial charge in [-0.1, -0.05) is 57.9 Å². The Kier molecular flexibility index (Phi) is 9.75. The largest absolute Gasteiger partial charge is 0.355 e. The molecule has 196 valence electrons. The van der Waals surface area contributed by atoms with Crippen molar-refractivity contribution in [3.63, 3.8) is 0 Å². The molecule has 0 saturated heterocycles. The highest BCUT2D eigenvalue weighted by Crippen LogP contribution is 2.28. The Balaban J connectivity index is 2.03. The summed E-state index contributed by atoms with van der Waals surface area (Å²) in [5.74, 6) is -0.835. The normalized spacial score (nSPS) is 12.0. The molecule has 3 rings (SSSR count). The predicted octanol–water partition coefficient (Wildman–Crippen LogP) is 5.16. The van der Waals surface area contributed by atoms with Crippen LogP contribution in [0.4, 0.5) is 5.69 Å². The molecule has 7 nitrogen and oxygen atoms in total. The SMILES string of the molecule is CCNC(=O)[C@H](C)N(Cc1ccc(Br)cc1)C(=O)CN(c1ccccc1C)S(=O)(=O)c1ccc(Cl)cc1. The minimum absolute atomic E-state index is 0.00388. The zero-order valence-corrected chi connectivity index (χ0v) is 24.0. The first-order chi connectivity index (χ1) is 17.5. The summed E-state index contributed by atoms with van der Waals surface area (Å²) in [5, 5.41) is 3.14. The molecule has 0 aliphatic heterocycles. The number of hydrogen-bond donors (Lipinski definition) is 1. The summed E-state index contributed by atoms with van der Waals surface area (Å²) in [4.78, 5) is 27.9. The molecule has 0 radical (unpaired) electrons. The van der Waals surface area contributed by atoms with Gasteiger partial charge in [-0.3, -0.25) is 13.9 Å². The molecule has 0 unspecified atom stereocenters. The number of nitrogens with one attached hydrogen (secondary N) is 1. The maximum Gasteiger partial charge on any atom is 0.264 e. The third kappa shape index (κ3) is 7.12. The molecule has 0 aromatic heterocycles. The Bertz CT molecular complexity index is 1350. The lowest BCUT2D eigenvalue weighted by atomic mass is 10.1. The van der Waals surface area contributed by atoms with Crippen molar-refractivity contribution in [2.75, 3.05) is 17.4 Å². The number of carbonyl (C=O) groups excluding carboxylic acids is 2. The standard InChI is InChI=1S/C27H29BrClN3O4S/c1-4-30-27(34)20(3)31(17-21-9-11-22(28)12-10-21)26(33)18-32(25-8-6-5-7-19(25)2)37(35,36)24-15-13-23(29)14-16-24/h5-16,20H,4,17-18H2,1-3H3,(H,30,34)/t20-/m0/s1. The van der Waals surface area contributed by atoms with Crippen molar-refractivity contribution in [2.45, 2.75) is 38.3 Å². The van der Waals surface area contributed by atoms with Crippen LogP contribution in [-0.2, 0) is 26.2 Å². The third-order valence-corrected chi connectivity index (χ3v) is 8.40. The Morgan fingerprint density at radius 1 is 1.00 bits per heavy atom. The number of hydrogen-bond acceptors (Lipinski definition) is 4. The number of amides is 2. The highest BCUT2D eigenvalue weighted by atomic mass is 79.9. The Morgan fingerprint density at radius 3 is 2.22 bits per heavy atom. The zero-order chi connectivity index (χ0) is 27.2. The van der Waals surface area contributed by atoms with Gasteiger partial charge in [0.25, 0.3) is 10.0 Å². The quantitative estimate of drug-likeness (QED) is 0.346. The molecule has 0 heterocycles. The van der Waals surface area contributed by atoms with Gasteiger partial charge in [-0.05, 0) is 74.4 Å². The molecule has 2 amide bonds. The number of anilines is 1. The third-order valence-electron chi connectivity index (χ3n) is 5.85. The number of para-hydroxylation sites is 1. The van der Waals surface area contributed by atoms with Gasteiger partial charge in [0.05, 0.1) is 10.6 Å². The van der Waals surface area contributed by atoms with E-state index >= 15 is 0 Å². The Morgan fingerprint density at radius 2 is 1.62 bits per heavy atom. The van der Waals surface area contributed by atoms with E-state index in [-0.39, 0.29) is 17.3 Å². The van der Waals surface area contributed by atoms with Crippen molar-refractivity contribution in [1.82, 2.24) is 10.2 Å². The molecule has 1 N–H and O–H groups in total. The van der Waals surface area contributed by atoms with Gasteiger partial charge < -0.3 is 10.2 Å². The number of carbonyl (C=O) groups is 2. The van der Waals surface area contributed by atoms with Crippen LogP contribution >= 0.6 is 27.5 Å².